The second-order valence-electron chi connectivity index (χ2n) is 6.90. The van der Waals surface area contributed by atoms with Crippen LogP contribution < -0.4 is 5.32 Å². The summed E-state index contributed by atoms with van der Waals surface area (Å²) in [4.78, 5) is 15.0. The Morgan fingerprint density at radius 2 is 2.00 bits per heavy atom. The number of rotatable bonds is 4. The summed E-state index contributed by atoms with van der Waals surface area (Å²) in [6.07, 6.45) is 3.29. The highest BCUT2D eigenvalue weighted by Gasteiger charge is 2.47. The lowest BCUT2D eigenvalue weighted by molar-refractivity contribution is -0.133. The molecule has 1 saturated heterocycles. The van der Waals surface area contributed by atoms with Crippen LogP contribution in [0, 0.1) is 5.92 Å². The quantitative estimate of drug-likeness (QED) is 0.919. The van der Waals surface area contributed by atoms with Crippen molar-refractivity contribution >= 4 is 29.1 Å². The second-order valence-corrected chi connectivity index (χ2v) is 6.90. The summed E-state index contributed by atoms with van der Waals surface area (Å²) in [6, 6.07) is 15.4. The van der Waals surface area contributed by atoms with Crippen molar-refractivity contribution in [3.8, 4) is 0 Å². The van der Waals surface area contributed by atoms with Crippen LogP contribution in [0.2, 0.25) is 0 Å². The molecule has 0 bridgehead atoms. The van der Waals surface area contributed by atoms with Crippen LogP contribution in [0.15, 0.2) is 42.5 Å². The molecule has 2 fully saturated rings. The number of halogens is 1. The van der Waals surface area contributed by atoms with Crippen molar-refractivity contribution in [3.05, 3.63) is 48.0 Å². The molecule has 0 radical (unpaired) electrons. The first-order valence-corrected chi connectivity index (χ1v) is 8.72. The Kier molecular flexibility index (Phi) is 5.12. The molecule has 1 N–H and O–H groups in total. The van der Waals surface area contributed by atoms with Gasteiger partial charge in [-0.05, 0) is 48.6 Å². The van der Waals surface area contributed by atoms with Gasteiger partial charge in [0.15, 0.2) is 0 Å². The fourth-order valence-corrected chi connectivity index (χ4v) is 4.17. The van der Waals surface area contributed by atoms with Gasteiger partial charge in [0.1, 0.15) is 0 Å². The molecule has 2 aromatic carbocycles. The highest BCUT2D eigenvalue weighted by Crippen LogP contribution is 2.50. The molecule has 128 valence electrons. The van der Waals surface area contributed by atoms with E-state index in [2.05, 4.69) is 52.7 Å². The Labute approximate surface area is 149 Å². The maximum absolute atomic E-state index is 12.9. The predicted molar refractivity (Wildman–Crippen MR) is 101 cm³/mol. The van der Waals surface area contributed by atoms with E-state index in [4.69, 9.17) is 0 Å². The number of benzene rings is 2. The third-order valence-corrected chi connectivity index (χ3v) is 5.43. The third kappa shape index (κ3) is 3.03. The summed E-state index contributed by atoms with van der Waals surface area (Å²) in [6.45, 7) is 1.85. The topological polar surface area (TPSA) is 32.3 Å². The zero-order valence-corrected chi connectivity index (χ0v) is 14.9. The Morgan fingerprint density at radius 1 is 1.21 bits per heavy atom. The van der Waals surface area contributed by atoms with E-state index in [1.807, 2.05) is 7.05 Å². The van der Waals surface area contributed by atoms with E-state index in [1.54, 1.807) is 0 Å². The summed E-state index contributed by atoms with van der Waals surface area (Å²) in [5, 5.41) is 5.81. The first kappa shape index (κ1) is 17.2. The number of amides is 1. The van der Waals surface area contributed by atoms with Gasteiger partial charge in [-0.3, -0.25) is 4.79 Å². The SMILES string of the molecule is CNCC1CCCN1C(=O)C1CC1c1cccc2ccccc12.Cl. The second kappa shape index (κ2) is 7.12. The molecule has 1 heterocycles. The van der Waals surface area contributed by atoms with Crippen molar-refractivity contribution in [2.75, 3.05) is 20.1 Å². The Bertz CT molecular complexity index is 727. The van der Waals surface area contributed by atoms with Gasteiger partial charge in [0.25, 0.3) is 0 Å². The summed E-state index contributed by atoms with van der Waals surface area (Å²) >= 11 is 0. The van der Waals surface area contributed by atoms with E-state index in [0.717, 1.165) is 32.4 Å². The van der Waals surface area contributed by atoms with Crippen molar-refractivity contribution in [2.24, 2.45) is 5.92 Å². The summed E-state index contributed by atoms with van der Waals surface area (Å²) in [5.41, 5.74) is 1.35. The van der Waals surface area contributed by atoms with Crippen LogP contribution in [-0.2, 0) is 4.79 Å². The lowest BCUT2D eigenvalue weighted by Gasteiger charge is -2.24. The highest BCUT2D eigenvalue weighted by atomic mass is 35.5. The Hall–Kier alpha value is -1.58. The normalized spacial score (nSPS) is 25.5. The average Bonchev–Trinajstić information content (AvgIpc) is 3.25. The zero-order valence-electron chi connectivity index (χ0n) is 14.1. The van der Waals surface area contributed by atoms with E-state index in [1.165, 1.54) is 16.3 Å². The molecule has 0 aromatic heterocycles. The maximum atomic E-state index is 12.9. The molecule has 1 amide bonds. The molecular weight excluding hydrogens is 320 g/mol. The first-order chi connectivity index (χ1) is 11.3. The number of likely N-dealkylation sites (tertiary alicyclic amines) is 1. The van der Waals surface area contributed by atoms with Gasteiger partial charge in [-0.25, -0.2) is 0 Å². The van der Waals surface area contributed by atoms with Crippen LogP contribution in [0.3, 0.4) is 0 Å². The number of hydrogen-bond acceptors (Lipinski definition) is 2. The van der Waals surface area contributed by atoms with Crippen LogP contribution in [0.1, 0.15) is 30.7 Å². The molecule has 3 atom stereocenters. The lowest BCUT2D eigenvalue weighted by Crippen LogP contribution is -2.41. The van der Waals surface area contributed by atoms with Gasteiger partial charge in [0, 0.05) is 25.0 Å². The molecule has 2 aliphatic rings. The minimum atomic E-state index is 0. The number of hydrogen-bond donors (Lipinski definition) is 1. The van der Waals surface area contributed by atoms with Gasteiger partial charge in [0.05, 0.1) is 0 Å². The van der Waals surface area contributed by atoms with Gasteiger partial charge >= 0.3 is 0 Å². The van der Waals surface area contributed by atoms with Crippen molar-refractivity contribution in [2.45, 2.75) is 31.2 Å². The maximum Gasteiger partial charge on any atom is 0.226 e. The van der Waals surface area contributed by atoms with Crippen molar-refractivity contribution in [3.63, 3.8) is 0 Å². The lowest BCUT2D eigenvalue weighted by atomic mass is 10.00. The van der Waals surface area contributed by atoms with Gasteiger partial charge in [0.2, 0.25) is 5.91 Å². The smallest absolute Gasteiger partial charge is 0.226 e. The molecule has 4 heteroatoms. The Morgan fingerprint density at radius 3 is 2.83 bits per heavy atom. The zero-order chi connectivity index (χ0) is 15.8. The van der Waals surface area contributed by atoms with Gasteiger partial charge < -0.3 is 10.2 Å². The summed E-state index contributed by atoms with van der Waals surface area (Å²) in [5.74, 6) is 0.975. The molecule has 3 nitrogen and oxygen atoms in total. The standard InChI is InChI=1S/C20H24N2O.ClH/c1-21-13-15-8-5-11-22(15)20(23)19-12-18(19)17-10-4-7-14-6-2-3-9-16(14)17;/h2-4,6-7,9-10,15,18-19,21H,5,8,11-13H2,1H3;1H. The van der Waals surface area contributed by atoms with Crippen molar-refractivity contribution < 1.29 is 4.79 Å². The van der Waals surface area contributed by atoms with E-state index >= 15 is 0 Å². The Balaban J connectivity index is 0.00000169. The third-order valence-electron chi connectivity index (χ3n) is 5.43. The molecule has 1 aliphatic heterocycles. The van der Waals surface area contributed by atoms with E-state index in [9.17, 15) is 4.79 Å². The van der Waals surface area contributed by atoms with Crippen LogP contribution >= 0.6 is 12.4 Å². The molecular formula is C20H25ClN2O. The highest BCUT2D eigenvalue weighted by molar-refractivity contribution is 5.89. The number of nitrogens with zero attached hydrogens (tertiary/aromatic N) is 1. The van der Waals surface area contributed by atoms with Gasteiger partial charge in [-0.15, -0.1) is 12.4 Å². The fraction of sp³-hybridized carbons (Fsp3) is 0.450. The van der Waals surface area contributed by atoms with Crippen LogP contribution in [0.4, 0.5) is 0 Å². The monoisotopic (exact) mass is 344 g/mol. The number of carbonyl (C=O) groups excluding carboxylic acids is 1. The van der Waals surface area contributed by atoms with E-state index in [0.29, 0.717) is 17.9 Å². The van der Waals surface area contributed by atoms with Crippen LogP contribution in [-0.4, -0.2) is 37.0 Å². The van der Waals surface area contributed by atoms with Crippen molar-refractivity contribution in [1.82, 2.24) is 10.2 Å². The molecule has 0 spiro atoms. The van der Waals surface area contributed by atoms with E-state index in [-0.39, 0.29) is 18.3 Å². The van der Waals surface area contributed by atoms with Crippen LogP contribution in [0.5, 0.6) is 0 Å². The molecule has 24 heavy (non-hydrogen) atoms. The number of carbonyl (C=O) groups is 1. The predicted octanol–water partition coefficient (Wildman–Crippen LogP) is 3.58. The summed E-state index contributed by atoms with van der Waals surface area (Å²) < 4.78 is 0. The minimum absolute atomic E-state index is 0. The average molecular weight is 345 g/mol. The van der Waals surface area contributed by atoms with Gasteiger partial charge in [-0.2, -0.15) is 0 Å². The first-order valence-electron chi connectivity index (χ1n) is 8.72. The minimum Gasteiger partial charge on any atom is -0.338 e. The van der Waals surface area contributed by atoms with Gasteiger partial charge in [-0.1, -0.05) is 42.5 Å². The summed E-state index contributed by atoms with van der Waals surface area (Å²) in [7, 11) is 1.97. The van der Waals surface area contributed by atoms with E-state index < -0.39 is 0 Å². The molecule has 1 aliphatic carbocycles. The number of nitrogens with one attached hydrogen (secondary N) is 1. The largest absolute Gasteiger partial charge is 0.338 e. The number of fused-ring (bicyclic) bond motifs is 1. The number of likely N-dealkylation sites (N-methyl/N-ethyl adjacent to an activating group) is 1. The molecule has 1 saturated carbocycles. The molecule has 2 aromatic rings. The molecule has 4 rings (SSSR count). The molecule has 3 unspecified atom stereocenters. The van der Waals surface area contributed by atoms with Crippen molar-refractivity contribution in [1.29, 1.82) is 0 Å². The fourth-order valence-electron chi connectivity index (χ4n) is 4.17. The van der Waals surface area contributed by atoms with Crippen LogP contribution in [0.25, 0.3) is 10.8 Å².